The molecule has 1 heteroatoms. The Labute approximate surface area is 79.8 Å². The van der Waals surface area contributed by atoms with Gasteiger partial charge in [-0.2, -0.15) is 0 Å². The second-order valence-corrected chi connectivity index (χ2v) is 5.36. The van der Waals surface area contributed by atoms with Crippen molar-refractivity contribution in [1.29, 1.82) is 0 Å². The Hall–Kier alpha value is -0.300. The maximum absolute atomic E-state index is 10.0. The third-order valence-electron chi connectivity index (χ3n) is 4.53. The molecule has 0 aliphatic heterocycles. The van der Waals surface area contributed by atoms with Crippen LogP contribution in [-0.2, 0) is 0 Å². The molecule has 5 atom stereocenters. The Kier molecular flexibility index (Phi) is 1.61. The fourth-order valence-corrected chi connectivity index (χ4v) is 3.98. The second kappa shape index (κ2) is 2.60. The van der Waals surface area contributed by atoms with Crippen molar-refractivity contribution in [3.8, 4) is 0 Å². The average molecular weight is 178 g/mol. The van der Waals surface area contributed by atoms with Crippen molar-refractivity contribution in [2.75, 3.05) is 0 Å². The highest BCUT2D eigenvalue weighted by Crippen LogP contribution is 2.53. The fraction of sp³-hybridized carbons (Fsp3) is 0.833. The normalized spacial score (nSPS) is 53.9. The van der Waals surface area contributed by atoms with E-state index in [9.17, 15) is 5.11 Å². The van der Waals surface area contributed by atoms with Gasteiger partial charge in [0.05, 0.1) is 6.10 Å². The van der Waals surface area contributed by atoms with Gasteiger partial charge in [-0.1, -0.05) is 12.2 Å². The summed E-state index contributed by atoms with van der Waals surface area (Å²) in [5.41, 5.74) is 1.38. The highest BCUT2D eigenvalue weighted by Gasteiger charge is 2.44. The molecule has 1 nitrogen and oxygen atoms in total. The van der Waals surface area contributed by atoms with Crippen LogP contribution in [-0.4, -0.2) is 11.2 Å². The van der Waals surface area contributed by atoms with Gasteiger partial charge in [0.2, 0.25) is 0 Å². The van der Waals surface area contributed by atoms with E-state index in [0.717, 1.165) is 24.2 Å². The van der Waals surface area contributed by atoms with Gasteiger partial charge in [-0.05, 0) is 49.9 Å². The molecule has 4 rings (SSSR count). The zero-order valence-electron chi connectivity index (χ0n) is 8.08. The van der Waals surface area contributed by atoms with Crippen LogP contribution in [0.3, 0.4) is 0 Å². The van der Waals surface area contributed by atoms with E-state index in [2.05, 4.69) is 6.58 Å². The molecule has 4 aliphatic carbocycles. The second-order valence-electron chi connectivity index (χ2n) is 5.36. The molecule has 0 heterocycles. The summed E-state index contributed by atoms with van der Waals surface area (Å²) in [7, 11) is 0. The number of rotatable bonds is 0. The first kappa shape index (κ1) is 8.05. The number of aliphatic hydroxyl groups is 1. The summed E-state index contributed by atoms with van der Waals surface area (Å²) in [6.07, 6.45) is 6.30. The molecule has 0 radical (unpaired) electrons. The van der Waals surface area contributed by atoms with Crippen molar-refractivity contribution in [2.45, 2.75) is 38.2 Å². The minimum atomic E-state index is -0.0622. The lowest BCUT2D eigenvalue weighted by Crippen LogP contribution is -2.31. The SMILES string of the molecule is C=C1[C@@H]2CC3CC(C2)C[C@@H]1[C@@H](O)C3. The van der Waals surface area contributed by atoms with Crippen LogP contribution in [0.1, 0.15) is 32.1 Å². The Morgan fingerprint density at radius 2 is 1.69 bits per heavy atom. The zero-order valence-corrected chi connectivity index (χ0v) is 8.08. The van der Waals surface area contributed by atoms with Gasteiger partial charge >= 0.3 is 0 Å². The van der Waals surface area contributed by atoms with E-state index in [4.69, 9.17) is 0 Å². The standard InChI is InChI=1S/C12H18O/c1-7-10-3-8-2-9(4-10)6-12(13)11(7)5-8/h8-13H,1-6H2/t8?,9?,10-,11-,12-/m0/s1. The predicted octanol–water partition coefficient (Wildman–Crippen LogP) is 2.36. The van der Waals surface area contributed by atoms with E-state index in [-0.39, 0.29) is 6.10 Å². The van der Waals surface area contributed by atoms with Crippen LogP contribution in [0.25, 0.3) is 0 Å². The first-order valence-electron chi connectivity index (χ1n) is 5.60. The van der Waals surface area contributed by atoms with Crippen LogP contribution < -0.4 is 0 Å². The number of fused-ring (bicyclic) bond motifs is 1. The minimum Gasteiger partial charge on any atom is -0.392 e. The summed E-state index contributed by atoms with van der Waals surface area (Å²) in [6.45, 7) is 4.20. The van der Waals surface area contributed by atoms with E-state index >= 15 is 0 Å². The summed E-state index contributed by atoms with van der Waals surface area (Å²) >= 11 is 0. The quantitative estimate of drug-likeness (QED) is 0.565. The minimum absolute atomic E-state index is 0.0622. The van der Waals surface area contributed by atoms with Crippen molar-refractivity contribution in [3.05, 3.63) is 12.2 Å². The molecule has 4 saturated carbocycles. The highest BCUT2D eigenvalue weighted by atomic mass is 16.3. The lowest BCUT2D eigenvalue weighted by atomic mass is 9.65. The van der Waals surface area contributed by atoms with Crippen LogP contribution in [0, 0.1) is 23.7 Å². The molecule has 4 fully saturated rings. The van der Waals surface area contributed by atoms with Crippen LogP contribution in [0.5, 0.6) is 0 Å². The average Bonchev–Trinajstić information content (AvgIpc) is 2.24. The lowest BCUT2D eigenvalue weighted by molar-refractivity contribution is 0.104. The number of aliphatic hydroxyl groups excluding tert-OH is 1. The van der Waals surface area contributed by atoms with Crippen LogP contribution in [0.2, 0.25) is 0 Å². The molecule has 2 unspecified atom stereocenters. The Morgan fingerprint density at radius 1 is 1.00 bits per heavy atom. The van der Waals surface area contributed by atoms with Gasteiger partial charge in [0.15, 0.2) is 0 Å². The summed E-state index contributed by atoms with van der Waals surface area (Å²) in [5.74, 6) is 2.94. The van der Waals surface area contributed by atoms with Crippen LogP contribution >= 0.6 is 0 Å². The van der Waals surface area contributed by atoms with Crippen LogP contribution in [0.4, 0.5) is 0 Å². The Balaban J connectivity index is 1.99. The molecule has 0 aromatic carbocycles. The molecule has 0 aromatic rings. The van der Waals surface area contributed by atoms with Gasteiger partial charge in [0, 0.05) is 5.92 Å². The first-order chi connectivity index (χ1) is 6.24. The maximum Gasteiger partial charge on any atom is 0.0608 e. The zero-order chi connectivity index (χ0) is 9.00. The summed E-state index contributed by atoms with van der Waals surface area (Å²) in [6, 6.07) is 0. The van der Waals surface area contributed by atoms with Gasteiger partial charge in [-0.3, -0.25) is 0 Å². The van der Waals surface area contributed by atoms with Crippen LogP contribution in [0.15, 0.2) is 12.2 Å². The van der Waals surface area contributed by atoms with Crippen molar-refractivity contribution in [1.82, 2.24) is 0 Å². The molecule has 0 spiro atoms. The van der Waals surface area contributed by atoms with Crippen molar-refractivity contribution in [2.24, 2.45) is 23.7 Å². The first-order valence-corrected chi connectivity index (χ1v) is 5.60. The van der Waals surface area contributed by atoms with Gasteiger partial charge < -0.3 is 5.11 Å². The predicted molar refractivity (Wildman–Crippen MR) is 52.2 cm³/mol. The molecule has 0 saturated heterocycles. The topological polar surface area (TPSA) is 20.2 Å². The van der Waals surface area contributed by atoms with E-state index in [1.165, 1.54) is 31.3 Å². The van der Waals surface area contributed by atoms with Gasteiger partial charge in [-0.15, -0.1) is 0 Å². The van der Waals surface area contributed by atoms with Gasteiger partial charge in [0.25, 0.3) is 0 Å². The number of hydrogen-bond donors (Lipinski definition) is 1. The monoisotopic (exact) mass is 178 g/mol. The van der Waals surface area contributed by atoms with Crippen molar-refractivity contribution >= 4 is 0 Å². The van der Waals surface area contributed by atoms with E-state index in [0.29, 0.717) is 5.92 Å². The largest absolute Gasteiger partial charge is 0.392 e. The van der Waals surface area contributed by atoms with Crippen molar-refractivity contribution in [3.63, 3.8) is 0 Å². The smallest absolute Gasteiger partial charge is 0.0608 e. The third kappa shape index (κ3) is 1.10. The molecular formula is C12H18O. The Bertz CT molecular complexity index is 246. The molecule has 4 aliphatic rings. The lowest BCUT2D eigenvalue weighted by Gasteiger charge is -2.40. The summed E-state index contributed by atoms with van der Waals surface area (Å²) < 4.78 is 0. The van der Waals surface area contributed by atoms with Gasteiger partial charge in [-0.25, -0.2) is 0 Å². The maximum atomic E-state index is 10.0. The third-order valence-corrected chi connectivity index (χ3v) is 4.53. The van der Waals surface area contributed by atoms with E-state index in [1.54, 1.807) is 0 Å². The molecule has 0 amide bonds. The summed E-state index contributed by atoms with van der Waals surface area (Å²) in [4.78, 5) is 0. The Morgan fingerprint density at radius 3 is 2.46 bits per heavy atom. The molecule has 72 valence electrons. The van der Waals surface area contributed by atoms with Gasteiger partial charge in [0.1, 0.15) is 0 Å². The summed E-state index contributed by atoms with van der Waals surface area (Å²) in [5, 5.41) is 10.0. The van der Waals surface area contributed by atoms with Crippen molar-refractivity contribution < 1.29 is 5.11 Å². The van der Waals surface area contributed by atoms with E-state index in [1.807, 2.05) is 0 Å². The molecule has 1 N–H and O–H groups in total. The fourth-order valence-electron chi connectivity index (χ4n) is 3.98. The van der Waals surface area contributed by atoms with E-state index < -0.39 is 0 Å². The number of hydrogen-bond acceptors (Lipinski definition) is 1. The highest BCUT2D eigenvalue weighted by molar-refractivity contribution is 5.16. The molecule has 13 heavy (non-hydrogen) atoms. The molecular weight excluding hydrogens is 160 g/mol. The molecule has 0 aromatic heterocycles. The molecule has 4 bridgehead atoms.